The number of carbonyl (C=O) groups is 1. The molecule has 4 heterocycles. The number of hydrogen-bond donors (Lipinski definition) is 0. The predicted molar refractivity (Wildman–Crippen MR) is 118 cm³/mol. The van der Waals surface area contributed by atoms with E-state index in [0.29, 0.717) is 24.7 Å². The Morgan fingerprint density at radius 2 is 2.06 bits per heavy atom. The van der Waals surface area contributed by atoms with E-state index in [1.165, 1.54) is 11.3 Å². The third-order valence-electron chi connectivity index (χ3n) is 6.29. The number of benzene rings is 1. The Kier molecular flexibility index (Phi) is 5.65. The van der Waals surface area contributed by atoms with E-state index >= 15 is 0 Å². The van der Waals surface area contributed by atoms with E-state index < -0.39 is 0 Å². The molecule has 1 fully saturated rings. The van der Waals surface area contributed by atoms with Crippen LogP contribution in [0.25, 0.3) is 11.4 Å². The first kappa shape index (κ1) is 19.7. The van der Waals surface area contributed by atoms with Crippen molar-refractivity contribution < 1.29 is 9.32 Å². The lowest BCUT2D eigenvalue weighted by Crippen LogP contribution is -2.41. The first-order valence-corrected chi connectivity index (χ1v) is 11.1. The van der Waals surface area contributed by atoms with E-state index in [4.69, 9.17) is 4.52 Å². The van der Waals surface area contributed by atoms with Crippen LogP contribution < -0.4 is 4.90 Å². The first-order valence-electron chi connectivity index (χ1n) is 11.1. The van der Waals surface area contributed by atoms with Crippen molar-refractivity contribution in [1.29, 1.82) is 0 Å². The summed E-state index contributed by atoms with van der Waals surface area (Å²) in [6.45, 7) is 3.23. The van der Waals surface area contributed by atoms with E-state index in [1.54, 1.807) is 12.4 Å². The molecule has 1 atom stereocenters. The molecule has 0 N–H and O–H groups in total. The molecule has 2 aliphatic heterocycles. The Labute approximate surface area is 182 Å². The Balaban J connectivity index is 1.20. The largest absolute Gasteiger partial charge is 0.371 e. The molecule has 160 valence electrons. The third-order valence-corrected chi connectivity index (χ3v) is 6.29. The number of rotatable bonds is 5. The fourth-order valence-electron chi connectivity index (χ4n) is 4.65. The second-order valence-electron chi connectivity index (χ2n) is 8.35. The van der Waals surface area contributed by atoms with Gasteiger partial charge in [-0.05, 0) is 49.4 Å². The Bertz CT molecular complexity index is 1040. The number of pyridine rings is 1. The first-order chi connectivity index (χ1) is 15.3. The van der Waals surface area contributed by atoms with E-state index in [-0.39, 0.29) is 11.8 Å². The van der Waals surface area contributed by atoms with Gasteiger partial charge in [-0.25, -0.2) is 0 Å². The molecule has 7 nitrogen and oxygen atoms in total. The Hall–Kier alpha value is -3.22. The quantitative estimate of drug-likeness (QED) is 0.630. The summed E-state index contributed by atoms with van der Waals surface area (Å²) in [6.07, 6.45) is 8.16. The minimum atomic E-state index is 0.0892. The van der Waals surface area contributed by atoms with E-state index in [2.05, 4.69) is 44.3 Å². The third kappa shape index (κ3) is 4.31. The summed E-state index contributed by atoms with van der Waals surface area (Å²) >= 11 is 0. The molecular formula is C24H27N5O2. The maximum Gasteiger partial charge on any atom is 0.231 e. The van der Waals surface area contributed by atoms with E-state index in [1.807, 2.05) is 17.0 Å². The smallest absolute Gasteiger partial charge is 0.231 e. The predicted octanol–water partition coefficient (Wildman–Crippen LogP) is 3.68. The Morgan fingerprint density at radius 1 is 1.13 bits per heavy atom. The number of hydrogen-bond acceptors (Lipinski definition) is 6. The monoisotopic (exact) mass is 417 g/mol. The molecule has 2 aliphatic rings. The van der Waals surface area contributed by atoms with Crippen LogP contribution in [0.4, 0.5) is 5.69 Å². The average Bonchev–Trinajstić information content (AvgIpc) is 3.34. The summed E-state index contributed by atoms with van der Waals surface area (Å²) in [7, 11) is 0. The highest BCUT2D eigenvalue weighted by Crippen LogP contribution is 2.29. The fraction of sp³-hybridized carbons (Fsp3) is 0.417. The molecule has 0 unspecified atom stereocenters. The van der Waals surface area contributed by atoms with Crippen LogP contribution in [0, 0.1) is 0 Å². The van der Waals surface area contributed by atoms with Crippen LogP contribution in [0.15, 0.2) is 53.3 Å². The number of aromatic nitrogens is 3. The van der Waals surface area contributed by atoms with Gasteiger partial charge in [0.2, 0.25) is 17.6 Å². The lowest BCUT2D eigenvalue weighted by molar-refractivity contribution is -0.132. The van der Waals surface area contributed by atoms with Crippen molar-refractivity contribution >= 4 is 11.6 Å². The number of nitrogens with zero attached hydrogens (tertiary/aromatic N) is 5. The van der Waals surface area contributed by atoms with Crippen LogP contribution in [0.2, 0.25) is 0 Å². The molecule has 0 spiro atoms. The van der Waals surface area contributed by atoms with Crippen molar-refractivity contribution in [2.45, 2.75) is 38.0 Å². The van der Waals surface area contributed by atoms with Gasteiger partial charge in [0.05, 0.1) is 5.92 Å². The van der Waals surface area contributed by atoms with Gasteiger partial charge in [0, 0.05) is 56.2 Å². The molecule has 2 aromatic heterocycles. The number of piperidine rings is 1. The minimum absolute atomic E-state index is 0.0892. The van der Waals surface area contributed by atoms with Crippen LogP contribution in [0.1, 0.15) is 43.1 Å². The molecule has 3 aromatic rings. The highest BCUT2D eigenvalue weighted by molar-refractivity contribution is 5.77. The summed E-state index contributed by atoms with van der Waals surface area (Å²) in [4.78, 5) is 26.0. The number of anilines is 1. The number of carbonyl (C=O) groups excluding carboxylic acids is 1. The summed E-state index contributed by atoms with van der Waals surface area (Å²) in [5.41, 5.74) is 3.51. The van der Waals surface area contributed by atoms with Gasteiger partial charge in [-0.2, -0.15) is 4.98 Å². The summed E-state index contributed by atoms with van der Waals surface area (Å²) < 4.78 is 5.55. The molecule has 1 amide bonds. The summed E-state index contributed by atoms with van der Waals surface area (Å²) in [6, 6.07) is 12.3. The normalized spacial score (nSPS) is 18.6. The molecule has 5 rings (SSSR count). The van der Waals surface area contributed by atoms with E-state index in [0.717, 1.165) is 50.9 Å². The van der Waals surface area contributed by atoms with Crippen molar-refractivity contribution in [2.24, 2.45) is 0 Å². The van der Waals surface area contributed by atoms with Gasteiger partial charge in [-0.15, -0.1) is 0 Å². The highest BCUT2D eigenvalue weighted by atomic mass is 16.5. The zero-order chi connectivity index (χ0) is 21.0. The van der Waals surface area contributed by atoms with Gasteiger partial charge >= 0.3 is 0 Å². The molecule has 0 radical (unpaired) electrons. The number of para-hydroxylation sites is 1. The van der Waals surface area contributed by atoms with Gasteiger partial charge in [-0.1, -0.05) is 23.4 Å². The molecule has 0 bridgehead atoms. The van der Waals surface area contributed by atoms with Crippen LogP contribution in [0.3, 0.4) is 0 Å². The Morgan fingerprint density at radius 3 is 2.97 bits per heavy atom. The van der Waals surface area contributed by atoms with Gasteiger partial charge in [0.25, 0.3) is 0 Å². The van der Waals surface area contributed by atoms with Gasteiger partial charge in [-0.3, -0.25) is 9.78 Å². The second kappa shape index (κ2) is 8.88. The molecule has 1 saturated heterocycles. The van der Waals surface area contributed by atoms with Crippen molar-refractivity contribution in [3.05, 3.63) is 60.2 Å². The number of aryl methyl sites for hydroxylation is 1. The van der Waals surface area contributed by atoms with Gasteiger partial charge in [0.15, 0.2) is 0 Å². The summed E-state index contributed by atoms with van der Waals surface area (Å²) in [5.74, 6) is 1.46. The highest BCUT2D eigenvalue weighted by Gasteiger charge is 2.29. The molecule has 1 aromatic carbocycles. The standard InChI is InChI=1S/C24H27N5O2/c30-22(11-15-28-13-4-8-18-6-1-2-10-21(18)28)29-14-5-9-20(17-29)24-26-23(27-31-24)19-7-3-12-25-16-19/h1-3,6-7,10,12,16,20H,4-5,8-9,11,13-15,17H2/t20-/m1/s1. The average molecular weight is 418 g/mol. The number of amides is 1. The molecule has 31 heavy (non-hydrogen) atoms. The van der Waals surface area contributed by atoms with Crippen LogP contribution >= 0.6 is 0 Å². The molecule has 0 saturated carbocycles. The minimum Gasteiger partial charge on any atom is -0.371 e. The second-order valence-corrected chi connectivity index (χ2v) is 8.35. The SMILES string of the molecule is O=C(CCN1CCCc2ccccc21)N1CCC[C@@H](c2nc(-c3cccnc3)no2)C1. The van der Waals surface area contributed by atoms with Crippen molar-refractivity contribution in [3.63, 3.8) is 0 Å². The molecule has 0 aliphatic carbocycles. The topological polar surface area (TPSA) is 75.4 Å². The summed E-state index contributed by atoms with van der Waals surface area (Å²) in [5, 5.41) is 4.11. The van der Waals surface area contributed by atoms with Crippen LogP contribution in [-0.4, -0.2) is 52.1 Å². The van der Waals surface area contributed by atoms with Crippen molar-refractivity contribution in [3.8, 4) is 11.4 Å². The lowest BCUT2D eigenvalue weighted by Gasteiger charge is -2.34. The number of fused-ring (bicyclic) bond motifs is 1. The van der Waals surface area contributed by atoms with Crippen LogP contribution in [-0.2, 0) is 11.2 Å². The van der Waals surface area contributed by atoms with Gasteiger partial charge < -0.3 is 14.3 Å². The molecular weight excluding hydrogens is 390 g/mol. The van der Waals surface area contributed by atoms with Crippen LogP contribution in [0.5, 0.6) is 0 Å². The maximum atomic E-state index is 13.0. The maximum absolute atomic E-state index is 13.0. The number of likely N-dealkylation sites (tertiary alicyclic amines) is 1. The zero-order valence-electron chi connectivity index (χ0n) is 17.6. The zero-order valence-corrected chi connectivity index (χ0v) is 17.6. The van der Waals surface area contributed by atoms with Gasteiger partial charge in [0.1, 0.15) is 0 Å². The van der Waals surface area contributed by atoms with Crippen molar-refractivity contribution in [2.75, 3.05) is 31.1 Å². The fourth-order valence-corrected chi connectivity index (χ4v) is 4.65. The van der Waals surface area contributed by atoms with Crippen molar-refractivity contribution in [1.82, 2.24) is 20.0 Å². The van der Waals surface area contributed by atoms with E-state index in [9.17, 15) is 4.79 Å². The molecule has 7 heteroatoms. The lowest BCUT2D eigenvalue weighted by atomic mass is 9.97.